The molecule has 1 aliphatic heterocycles. The molecule has 1 heterocycles. The van der Waals surface area contributed by atoms with Crippen LogP contribution >= 0.6 is 11.8 Å². The summed E-state index contributed by atoms with van der Waals surface area (Å²) in [7, 11) is 1.35. The Morgan fingerprint density at radius 1 is 1.16 bits per heavy atom. The van der Waals surface area contributed by atoms with Gasteiger partial charge in [0.1, 0.15) is 5.82 Å². The van der Waals surface area contributed by atoms with Crippen LogP contribution in [0, 0.1) is 5.82 Å². The van der Waals surface area contributed by atoms with E-state index in [1.165, 1.54) is 43.1 Å². The van der Waals surface area contributed by atoms with Crippen LogP contribution in [0.1, 0.15) is 15.9 Å². The van der Waals surface area contributed by atoms with E-state index in [2.05, 4.69) is 4.74 Å². The van der Waals surface area contributed by atoms with Crippen LogP contribution in [-0.4, -0.2) is 25.3 Å². The number of alkyl halides is 2. The number of hydrogen-bond donors (Lipinski definition) is 0. The van der Waals surface area contributed by atoms with Crippen molar-refractivity contribution in [2.24, 2.45) is 0 Å². The number of halogens is 3. The maximum absolute atomic E-state index is 13.4. The third kappa shape index (κ3) is 3.82. The lowest BCUT2D eigenvalue weighted by Crippen LogP contribution is -2.12. The lowest BCUT2D eigenvalue weighted by molar-refractivity contribution is -0.0512. The van der Waals surface area contributed by atoms with Gasteiger partial charge >= 0.3 is 6.61 Å². The molecule has 0 amide bonds. The molecule has 2 aromatic rings. The average Bonchev–Trinajstić information content (AvgIpc) is 2.58. The second-order valence-electron chi connectivity index (χ2n) is 5.22. The summed E-state index contributed by atoms with van der Waals surface area (Å²) in [5.74, 6) is -0.297. The highest BCUT2D eigenvalue weighted by Gasteiger charge is 2.23. The zero-order chi connectivity index (χ0) is 18.0. The van der Waals surface area contributed by atoms with Crippen molar-refractivity contribution in [1.82, 2.24) is 0 Å². The number of Topliss-reactive ketones (excluding diaryl/α,β-unsaturated/α-hetero) is 1. The molecule has 2 aromatic carbocycles. The first-order valence-electron chi connectivity index (χ1n) is 7.28. The molecule has 130 valence electrons. The Hall–Kier alpha value is -2.41. The fourth-order valence-electron chi connectivity index (χ4n) is 2.48. The van der Waals surface area contributed by atoms with Crippen LogP contribution in [0.2, 0.25) is 0 Å². The van der Waals surface area contributed by atoms with E-state index in [4.69, 9.17) is 4.74 Å². The maximum Gasteiger partial charge on any atom is 0.387 e. The summed E-state index contributed by atoms with van der Waals surface area (Å²) >= 11 is 1.42. The number of ether oxygens (including phenoxy) is 2. The predicted molar refractivity (Wildman–Crippen MR) is 89.1 cm³/mol. The molecule has 0 radical (unpaired) electrons. The van der Waals surface area contributed by atoms with Crippen molar-refractivity contribution in [1.29, 1.82) is 0 Å². The highest BCUT2D eigenvalue weighted by molar-refractivity contribution is 7.99. The highest BCUT2D eigenvalue weighted by atomic mass is 32.2. The Labute approximate surface area is 146 Å². The average molecular weight is 366 g/mol. The molecule has 7 heteroatoms. The first-order valence-corrected chi connectivity index (χ1v) is 8.27. The van der Waals surface area contributed by atoms with Crippen molar-refractivity contribution in [3.05, 3.63) is 58.9 Å². The molecule has 0 aromatic heterocycles. The van der Waals surface area contributed by atoms with E-state index in [-0.39, 0.29) is 17.3 Å². The Bertz CT molecular complexity index is 849. The molecular formula is C18H13F3O3S. The van der Waals surface area contributed by atoms with Gasteiger partial charge in [-0.1, -0.05) is 6.07 Å². The lowest BCUT2D eigenvalue weighted by atomic mass is 10.0. The summed E-state index contributed by atoms with van der Waals surface area (Å²) in [6.45, 7) is -2.99. The van der Waals surface area contributed by atoms with Gasteiger partial charge in [-0.3, -0.25) is 4.79 Å². The molecule has 0 fully saturated rings. The summed E-state index contributed by atoms with van der Waals surface area (Å²) in [5, 5.41) is 0. The Morgan fingerprint density at radius 2 is 1.96 bits per heavy atom. The Kier molecular flexibility index (Phi) is 5.03. The number of fused-ring (bicyclic) bond motifs is 1. The molecule has 0 saturated carbocycles. The van der Waals surface area contributed by atoms with Crippen molar-refractivity contribution in [3.8, 4) is 11.5 Å². The van der Waals surface area contributed by atoms with Gasteiger partial charge in [-0.05, 0) is 42.0 Å². The number of hydrogen-bond acceptors (Lipinski definition) is 4. The molecule has 3 rings (SSSR count). The van der Waals surface area contributed by atoms with E-state index in [1.54, 1.807) is 18.2 Å². The normalized spacial score (nSPS) is 15.4. The van der Waals surface area contributed by atoms with E-state index in [0.29, 0.717) is 22.5 Å². The fourth-order valence-corrected chi connectivity index (χ4v) is 3.48. The quantitative estimate of drug-likeness (QED) is 0.728. The van der Waals surface area contributed by atoms with Gasteiger partial charge in [-0.15, -0.1) is 11.8 Å². The first-order chi connectivity index (χ1) is 12.0. The van der Waals surface area contributed by atoms with E-state index < -0.39 is 12.4 Å². The number of carbonyl (C=O) groups is 1. The van der Waals surface area contributed by atoms with E-state index in [0.717, 1.165) is 4.90 Å². The topological polar surface area (TPSA) is 35.5 Å². The van der Waals surface area contributed by atoms with Crippen LogP contribution < -0.4 is 9.47 Å². The third-order valence-corrected chi connectivity index (χ3v) is 4.73. The molecule has 1 aliphatic rings. The van der Waals surface area contributed by atoms with E-state index >= 15 is 0 Å². The van der Waals surface area contributed by atoms with Crippen molar-refractivity contribution < 1.29 is 27.4 Å². The summed E-state index contributed by atoms with van der Waals surface area (Å²) in [5.41, 5.74) is 1.27. The van der Waals surface area contributed by atoms with Crippen molar-refractivity contribution in [2.45, 2.75) is 11.5 Å². The molecule has 0 unspecified atom stereocenters. The van der Waals surface area contributed by atoms with Gasteiger partial charge in [0.25, 0.3) is 0 Å². The second kappa shape index (κ2) is 7.23. The number of rotatable bonds is 4. The minimum atomic E-state index is -2.99. The maximum atomic E-state index is 13.4. The SMILES string of the molecule is COc1ccc(/C=C2\CSc3ccc(F)cc3C2=O)cc1OC(F)F. The smallest absolute Gasteiger partial charge is 0.387 e. The van der Waals surface area contributed by atoms with Crippen LogP contribution in [0.3, 0.4) is 0 Å². The largest absolute Gasteiger partial charge is 0.493 e. The Morgan fingerprint density at radius 3 is 2.68 bits per heavy atom. The van der Waals surface area contributed by atoms with Gasteiger partial charge in [0.05, 0.1) is 7.11 Å². The summed E-state index contributed by atoms with van der Waals surface area (Å²) < 4.78 is 47.8. The standard InChI is InChI=1S/C18H13F3O3S/c1-23-14-4-2-10(7-15(14)24-18(20)21)6-11-9-25-16-5-3-12(19)8-13(16)17(11)22/h2-8,18H,9H2,1H3/b11-6+. The minimum absolute atomic E-state index is 0.116. The molecule has 3 nitrogen and oxygen atoms in total. The summed E-state index contributed by atoms with van der Waals surface area (Å²) in [6.07, 6.45) is 1.58. The first kappa shape index (κ1) is 17.4. The molecule has 0 N–H and O–H groups in total. The van der Waals surface area contributed by atoms with E-state index in [9.17, 15) is 18.0 Å². The number of methoxy groups -OCH3 is 1. The second-order valence-corrected chi connectivity index (χ2v) is 6.23. The van der Waals surface area contributed by atoms with Crippen LogP contribution in [0.5, 0.6) is 11.5 Å². The summed E-state index contributed by atoms with van der Waals surface area (Å²) in [6, 6.07) is 8.58. The third-order valence-electron chi connectivity index (χ3n) is 3.61. The Balaban J connectivity index is 1.94. The van der Waals surface area contributed by atoms with Gasteiger partial charge in [-0.25, -0.2) is 4.39 Å². The van der Waals surface area contributed by atoms with Crippen molar-refractivity contribution >= 4 is 23.6 Å². The van der Waals surface area contributed by atoms with Gasteiger partial charge in [0.15, 0.2) is 17.3 Å². The predicted octanol–water partition coefficient (Wildman–Crippen LogP) is 4.81. The molecular weight excluding hydrogens is 353 g/mol. The highest BCUT2D eigenvalue weighted by Crippen LogP contribution is 2.35. The van der Waals surface area contributed by atoms with Gasteiger partial charge in [0.2, 0.25) is 0 Å². The molecule has 0 saturated heterocycles. The van der Waals surface area contributed by atoms with Crippen LogP contribution in [-0.2, 0) is 0 Å². The minimum Gasteiger partial charge on any atom is -0.493 e. The van der Waals surface area contributed by atoms with Crippen LogP contribution in [0.25, 0.3) is 6.08 Å². The zero-order valence-corrected chi connectivity index (χ0v) is 13.9. The van der Waals surface area contributed by atoms with Crippen LogP contribution in [0.4, 0.5) is 13.2 Å². The van der Waals surface area contributed by atoms with E-state index in [1.807, 2.05) is 0 Å². The monoisotopic (exact) mass is 366 g/mol. The zero-order valence-electron chi connectivity index (χ0n) is 13.1. The fraction of sp³-hybridized carbons (Fsp3) is 0.167. The molecule has 25 heavy (non-hydrogen) atoms. The number of thioether (sulfide) groups is 1. The molecule has 0 bridgehead atoms. The summed E-state index contributed by atoms with van der Waals surface area (Å²) in [4.78, 5) is 13.3. The lowest BCUT2D eigenvalue weighted by Gasteiger charge is -2.17. The van der Waals surface area contributed by atoms with Crippen molar-refractivity contribution in [2.75, 3.05) is 12.9 Å². The van der Waals surface area contributed by atoms with Crippen molar-refractivity contribution in [3.63, 3.8) is 0 Å². The molecule has 0 spiro atoms. The molecule has 0 atom stereocenters. The number of ketones is 1. The van der Waals surface area contributed by atoms with Gasteiger partial charge in [-0.2, -0.15) is 8.78 Å². The number of carbonyl (C=O) groups excluding carboxylic acids is 1. The van der Waals surface area contributed by atoms with Gasteiger partial charge < -0.3 is 9.47 Å². The molecule has 0 aliphatic carbocycles. The number of benzene rings is 2. The van der Waals surface area contributed by atoms with Gasteiger partial charge in [0, 0.05) is 21.8 Å². The van der Waals surface area contributed by atoms with Crippen LogP contribution in [0.15, 0.2) is 46.9 Å².